The molecule has 0 unspecified atom stereocenters. The van der Waals surface area contributed by atoms with Crippen LogP contribution in [-0.2, 0) is 17.8 Å². The van der Waals surface area contributed by atoms with Gasteiger partial charge in [-0.1, -0.05) is 18.2 Å². The van der Waals surface area contributed by atoms with Crippen molar-refractivity contribution >= 4 is 39.6 Å². The number of benzene rings is 2. The number of hydrogen-bond acceptors (Lipinski definition) is 4. The number of nitrogens with zero attached hydrogens (tertiary/aromatic N) is 3. The molecule has 0 aliphatic rings. The van der Waals surface area contributed by atoms with Gasteiger partial charge in [-0.2, -0.15) is 8.75 Å². The van der Waals surface area contributed by atoms with E-state index in [-0.39, 0.29) is 18.1 Å². The number of aromatic amines is 1. The molecule has 26 heavy (non-hydrogen) atoms. The number of halogens is 1. The van der Waals surface area contributed by atoms with Crippen LogP contribution in [0.5, 0.6) is 0 Å². The number of likely N-dealkylation sites (N-methyl/N-ethyl adjacent to an activating group) is 1. The molecule has 0 spiro atoms. The van der Waals surface area contributed by atoms with Crippen molar-refractivity contribution in [1.29, 1.82) is 0 Å². The molecule has 132 valence electrons. The normalized spacial score (nSPS) is 11.3. The van der Waals surface area contributed by atoms with E-state index < -0.39 is 0 Å². The van der Waals surface area contributed by atoms with Gasteiger partial charge in [-0.25, -0.2) is 4.39 Å². The summed E-state index contributed by atoms with van der Waals surface area (Å²) < 4.78 is 22.3. The molecule has 0 atom stereocenters. The minimum absolute atomic E-state index is 0.0187. The topological polar surface area (TPSA) is 61.9 Å². The molecule has 0 aliphatic carbocycles. The summed E-state index contributed by atoms with van der Waals surface area (Å²) in [5.74, 6) is -0.322. The second-order valence-electron chi connectivity index (χ2n) is 6.40. The van der Waals surface area contributed by atoms with Gasteiger partial charge >= 0.3 is 0 Å². The third kappa shape index (κ3) is 2.94. The van der Waals surface area contributed by atoms with Gasteiger partial charge in [-0.05, 0) is 36.2 Å². The van der Waals surface area contributed by atoms with E-state index in [4.69, 9.17) is 0 Å². The number of carbonyl (C=O) groups excluding carboxylic acids is 1. The number of carbonyl (C=O) groups is 1. The van der Waals surface area contributed by atoms with Crippen LogP contribution in [0.4, 0.5) is 4.39 Å². The van der Waals surface area contributed by atoms with Crippen LogP contribution in [-0.4, -0.2) is 31.6 Å². The minimum Gasteiger partial charge on any atom is -0.356 e. The maximum atomic E-state index is 13.9. The Labute approximate surface area is 153 Å². The highest BCUT2D eigenvalue weighted by molar-refractivity contribution is 7.00. The zero-order valence-corrected chi connectivity index (χ0v) is 15.2. The highest BCUT2D eigenvalue weighted by atomic mass is 32.1. The van der Waals surface area contributed by atoms with Gasteiger partial charge in [0.25, 0.3) is 0 Å². The van der Waals surface area contributed by atoms with Crippen molar-refractivity contribution in [2.24, 2.45) is 0 Å². The van der Waals surface area contributed by atoms with E-state index in [1.54, 1.807) is 18.0 Å². The van der Waals surface area contributed by atoms with Crippen LogP contribution in [0.3, 0.4) is 0 Å². The summed E-state index contributed by atoms with van der Waals surface area (Å²) in [4.78, 5) is 17.4. The molecule has 2 heterocycles. The summed E-state index contributed by atoms with van der Waals surface area (Å²) >= 11 is 1.18. The van der Waals surface area contributed by atoms with Gasteiger partial charge in [0.2, 0.25) is 5.91 Å². The summed E-state index contributed by atoms with van der Waals surface area (Å²) in [6, 6.07) is 10.8. The zero-order chi connectivity index (χ0) is 18.3. The van der Waals surface area contributed by atoms with E-state index in [9.17, 15) is 9.18 Å². The molecule has 5 nitrogen and oxygen atoms in total. The van der Waals surface area contributed by atoms with Gasteiger partial charge in [0, 0.05) is 24.7 Å². The van der Waals surface area contributed by atoms with Crippen molar-refractivity contribution in [3.8, 4) is 0 Å². The number of para-hydroxylation sites is 1. The van der Waals surface area contributed by atoms with Crippen molar-refractivity contribution in [3.63, 3.8) is 0 Å². The molecular weight excluding hydrogens is 351 g/mol. The first-order chi connectivity index (χ1) is 12.5. The van der Waals surface area contributed by atoms with Crippen LogP contribution in [0.15, 0.2) is 36.4 Å². The van der Waals surface area contributed by atoms with Crippen LogP contribution < -0.4 is 0 Å². The fourth-order valence-electron chi connectivity index (χ4n) is 3.17. The second-order valence-corrected chi connectivity index (χ2v) is 6.93. The molecule has 0 saturated heterocycles. The summed E-state index contributed by atoms with van der Waals surface area (Å²) in [7, 11) is 1.77. The summed E-state index contributed by atoms with van der Waals surface area (Å²) in [6.45, 7) is 2.35. The van der Waals surface area contributed by atoms with Gasteiger partial charge in [0.1, 0.15) is 16.9 Å². The number of rotatable bonds is 4. The monoisotopic (exact) mass is 368 g/mol. The highest BCUT2D eigenvalue weighted by Gasteiger charge is 2.17. The first-order valence-corrected chi connectivity index (χ1v) is 8.97. The third-order valence-electron chi connectivity index (χ3n) is 4.60. The predicted octanol–water partition coefficient (Wildman–Crippen LogP) is 3.82. The Morgan fingerprint density at radius 2 is 2.04 bits per heavy atom. The molecule has 0 bridgehead atoms. The van der Waals surface area contributed by atoms with Crippen molar-refractivity contribution in [2.45, 2.75) is 19.9 Å². The van der Waals surface area contributed by atoms with E-state index in [2.05, 4.69) is 13.7 Å². The molecule has 0 aliphatic heterocycles. The number of H-pyrrole nitrogens is 1. The molecule has 2 aromatic carbocycles. The number of nitrogens with one attached hydrogen (secondary N) is 1. The molecule has 0 radical (unpaired) electrons. The van der Waals surface area contributed by atoms with E-state index in [1.807, 2.05) is 31.2 Å². The van der Waals surface area contributed by atoms with E-state index in [1.165, 1.54) is 17.8 Å². The van der Waals surface area contributed by atoms with Gasteiger partial charge in [-0.3, -0.25) is 4.79 Å². The first kappa shape index (κ1) is 16.7. The lowest BCUT2D eigenvalue weighted by molar-refractivity contribution is -0.129. The van der Waals surface area contributed by atoms with Crippen molar-refractivity contribution in [1.82, 2.24) is 18.6 Å². The summed E-state index contributed by atoms with van der Waals surface area (Å²) in [6.07, 6.45) is 0.228. The Bertz CT molecular complexity index is 1120. The average molecular weight is 368 g/mol. The molecular formula is C19H17FN4OS. The largest absolute Gasteiger partial charge is 0.356 e. The van der Waals surface area contributed by atoms with Crippen molar-refractivity contribution in [2.75, 3.05) is 7.05 Å². The smallest absolute Gasteiger partial charge is 0.227 e. The van der Waals surface area contributed by atoms with E-state index in [0.29, 0.717) is 12.1 Å². The maximum absolute atomic E-state index is 13.9. The highest BCUT2D eigenvalue weighted by Crippen LogP contribution is 2.25. The van der Waals surface area contributed by atoms with Gasteiger partial charge in [-0.15, -0.1) is 0 Å². The SMILES string of the molecule is Cc1[nH]c2c(F)cccc2c1CC(=O)N(C)Cc1ccc2nsnc2c1. The lowest BCUT2D eigenvalue weighted by atomic mass is 10.1. The van der Waals surface area contributed by atoms with Crippen LogP contribution in [0, 0.1) is 12.7 Å². The van der Waals surface area contributed by atoms with Crippen LogP contribution in [0.1, 0.15) is 16.8 Å². The Kier molecular flexibility index (Phi) is 4.16. The average Bonchev–Trinajstić information content (AvgIpc) is 3.20. The number of amides is 1. The third-order valence-corrected chi connectivity index (χ3v) is 5.15. The quantitative estimate of drug-likeness (QED) is 0.596. The summed E-state index contributed by atoms with van der Waals surface area (Å²) in [5, 5.41) is 0.763. The fourth-order valence-corrected chi connectivity index (χ4v) is 3.69. The Morgan fingerprint density at radius 3 is 2.88 bits per heavy atom. The number of aryl methyl sites for hydroxylation is 1. The number of aromatic nitrogens is 3. The fraction of sp³-hybridized carbons (Fsp3) is 0.211. The van der Waals surface area contributed by atoms with Crippen molar-refractivity contribution in [3.05, 3.63) is 59.0 Å². The Morgan fingerprint density at radius 1 is 1.23 bits per heavy atom. The standard InChI is InChI=1S/C19H17FN4OS/c1-11-14(13-4-3-5-15(20)19(13)21-11)9-18(25)24(2)10-12-6-7-16-17(8-12)23-26-22-16/h3-8,21H,9-10H2,1-2H3. The van der Waals surface area contributed by atoms with Crippen LogP contribution in [0.25, 0.3) is 21.9 Å². The zero-order valence-electron chi connectivity index (χ0n) is 14.4. The van der Waals surface area contributed by atoms with Gasteiger partial charge < -0.3 is 9.88 Å². The number of fused-ring (bicyclic) bond motifs is 2. The molecule has 1 N–H and O–H groups in total. The molecule has 0 saturated carbocycles. The Balaban J connectivity index is 1.54. The molecule has 7 heteroatoms. The van der Waals surface area contributed by atoms with E-state index >= 15 is 0 Å². The molecule has 2 aromatic heterocycles. The Hall–Kier alpha value is -2.80. The summed E-state index contributed by atoms with van der Waals surface area (Å²) in [5.41, 5.74) is 4.83. The van der Waals surface area contributed by atoms with Gasteiger partial charge in [0.15, 0.2) is 0 Å². The van der Waals surface area contributed by atoms with Crippen molar-refractivity contribution < 1.29 is 9.18 Å². The van der Waals surface area contributed by atoms with Gasteiger partial charge in [0.05, 0.1) is 23.7 Å². The molecule has 1 amide bonds. The lowest BCUT2D eigenvalue weighted by Gasteiger charge is -2.17. The molecule has 4 rings (SSSR count). The molecule has 0 fully saturated rings. The minimum atomic E-state index is -0.303. The predicted molar refractivity (Wildman–Crippen MR) is 101 cm³/mol. The maximum Gasteiger partial charge on any atom is 0.227 e. The lowest BCUT2D eigenvalue weighted by Crippen LogP contribution is -2.27. The first-order valence-electron chi connectivity index (χ1n) is 8.24. The van der Waals surface area contributed by atoms with Crippen LogP contribution >= 0.6 is 11.7 Å². The van der Waals surface area contributed by atoms with Crippen LogP contribution in [0.2, 0.25) is 0 Å². The second kappa shape index (κ2) is 6.49. The number of hydrogen-bond donors (Lipinski definition) is 1. The van der Waals surface area contributed by atoms with E-state index in [0.717, 1.165) is 33.2 Å². The molecule has 4 aromatic rings.